The van der Waals surface area contributed by atoms with Crippen LogP contribution in [0.25, 0.3) is 0 Å². The molecule has 0 radical (unpaired) electrons. The van der Waals surface area contributed by atoms with Gasteiger partial charge in [0.25, 0.3) is 0 Å². The maximum atomic E-state index is 5.35. The molecule has 58 valence electrons. The zero-order valence-corrected chi connectivity index (χ0v) is 8.51. The quantitative estimate of drug-likeness (QED) is 0.425. The van der Waals surface area contributed by atoms with Crippen LogP contribution in [0.5, 0.6) is 0 Å². The Labute approximate surface area is 75.8 Å². The van der Waals surface area contributed by atoms with Gasteiger partial charge in [0.2, 0.25) is 0 Å². The third kappa shape index (κ3) is 1.42. The van der Waals surface area contributed by atoms with Crippen LogP contribution in [0.15, 0.2) is 18.2 Å². The van der Waals surface area contributed by atoms with Gasteiger partial charge in [-0.25, -0.2) is 0 Å². The fraction of sp³-hybridized carbons (Fsp3) is 0.0909. The highest BCUT2D eigenvalue weighted by Gasteiger charge is 2.01. The Morgan fingerprint density at radius 2 is 1.67 bits per heavy atom. The molecular formula is C11H10Si. The van der Waals surface area contributed by atoms with Gasteiger partial charge in [-0.15, -0.1) is 12.8 Å². The standard InChI is InChI=1S/C11H10Si/c1-4-9-7-6-8-10(5-2)11(9)12-3/h1-2,6-8H,12H2,3H3. The first-order valence-electron chi connectivity index (χ1n) is 3.88. The molecule has 0 bridgehead atoms. The van der Waals surface area contributed by atoms with E-state index in [0.717, 1.165) is 11.1 Å². The van der Waals surface area contributed by atoms with Gasteiger partial charge in [0.15, 0.2) is 0 Å². The van der Waals surface area contributed by atoms with Gasteiger partial charge in [-0.05, 0) is 17.3 Å². The average molecular weight is 170 g/mol. The molecule has 12 heavy (non-hydrogen) atoms. The van der Waals surface area contributed by atoms with E-state index in [0.29, 0.717) is 0 Å². The Hall–Kier alpha value is -1.44. The van der Waals surface area contributed by atoms with Gasteiger partial charge < -0.3 is 0 Å². The molecule has 0 spiro atoms. The summed E-state index contributed by atoms with van der Waals surface area (Å²) >= 11 is 0. The summed E-state index contributed by atoms with van der Waals surface area (Å²) in [4.78, 5) is 0. The molecule has 0 saturated heterocycles. The molecule has 1 aromatic carbocycles. The first kappa shape index (κ1) is 8.65. The predicted octanol–water partition coefficient (Wildman–Crippen LogP) is 0.491. The third-order valence-corrected chi connectivity index (χ3v) is 3.31. The first-order chi connectivity index (χ1) is 5.83. The SMILES string of the molecule is C#Cc1cccc(C#C)c1[SiH2]C. The van der Waals surface area contributed by atoms with E-state index in [1.807, 2.05) is 18.2 Å². The average Bonchev–Trinajstić information content (AvgIpc) is 2.16. The lowest BCUT2D eigenvalue weighted by Gasteiger charge is -2.03. The summed E-state index contributed by atoms with van der Waals surface area (Å²) in [5.41, 5.74) is 1.94. The molecule has 0 unspecified atom stereocenters. The van der Waals surface area contributed by atoms with Crippen molar-refractivity contribution in [2.75, 3.05) is 0 Å². The molecule has 1 rings (SSSR count). The minimum absolute atomic E-state index is 0.274. The summed E-state index contributed by atoms with van der Waals surface area (Å²) in [6.45, 7) is 2.19. The monoisotopic (exact) mass is 170 g/mol. The second-order valence-electron chi connectivity index (χ2n) is 2.47. The van der Waals surface area contributed by atoms with Crippen molar-refractivity contribution in [3.05, 3.63) is 29.3 Å². The van der Waals surface area contributed by atoms with Crippen LogP contribution in [0.3, 0.4) is 0 Å². The summed E-state index contributed by atoms with van der Waals surface area (Å²) in [5, 5.41) is 1.24. The normalized spacial score (nSPS) is 9.58. The van der Waals surface area contributed by atoms with Crippen LogP contribution in [0.2, 0.25) is 6.55 Å². The highest BCUT2D eigenvalue weighted by atomic mass is 28.2. The Balaban J connectivity index is 3.37. The van der Waals surface area contributed by atoms with Crippen LogP contribution >= 0.6 is 0 Å². The number of hydrogen-bond acceptors (Lipinski definition) is 0. The molecule has 0 N–H and O–H groups in total. The van der Waals surface area contributed by atoms with Gasteiger partial charge in [0.1, 0.15) is 0 Å². The molecular weight excluding hydrogens is 160 g/mol. The lowest BCUT2D eigenvalue weighted by molar-refractivity contribution is 1.65. The lowest BCUT2D eigenvalue weighted by atomic mass is 10.1. The first-order valence-corrected chi connectivity index (χ1v) is 6.00. The van der Waals surface area contributed by atoms with Crippen molar-refractivity contribution in [3.63, 3.8) is 0 Å². The van der Waals surface area contributed by atoms with Crippen molar-refractivity contribution < 1.29 is 0 Å². The van der Waals surface area contributed by atoms with Gasteiger partial charge >= 0.3 is 0 Å². The van der Waals surface area contributed by atoms with Crippen LogP contribution in [0.1, 0.15) is 11.1 Å². The van der Waals surface area contributed by atoms with Crippen molar-refractivity contribution in [2.45, 2.75) is 6.55 Å². The highest BCUT2D eigenvalue weighted by molar-refractivity contribution is 6.53. The van der Waals surface area contributed by atoms with Crippen molar-refractivity contribution in [3.8, 4) is 24.7 Å². The van der Waals surface area contributed by atoms with E-state index >= 15 is 0 Å². The minimum atomic E-state index is -0.274. The number of benzene rings is 1. The van der Waals surface area contributed by atoms with E-state index in [-0.39, 0.29) is 9.52 Å². The van der Waals surface area contributed by atoms with Crippen LogP contribution in [-0.2, 0) is 0 Å². The van der Waals surface area contributed by atoms with Crippen molar-refractivity contribution in [2.24, 2.45) is 0 Å². The molecule has 0 aliphatic heterocycles. The van der Waals surface area contributed by atoms with E-state index in [2.05, 4.69) is 18.4 Å². The van der Waals surface area contributed by atoms with Gasteiger partial charge in [0.05, 0.1) is 9.52 Å². The number of hydrogen-bond donors (Lipinski definition) is 0. The Kier molecular flexibility index (Phi) is 2.75. The molecule has 0 nitrogen and oxygen atoms in total. The molecule has 0 atom stereocenters. The van der Waals surface area contributed by atoms with Gasteiger partial charge in [-0.1, -0.05) is 24.5 Å². The summed E-state index contributed by atoms with van der Waals surface area (Å²) < 4.78 is 0. The van der Waals surface area contributed by atoms with Gasteiger partial charge in [-0.3, -0.25) is 0 Å². The topological polar surface area (TPSA) is 0 Å². The summed E-state index contributed by atoms with van der Waals surface area (Å²) in [7, 11) is -0.274. The second kappa shape index (κ2) is 3.81. The summed E-state index contributed by atoms with van der Waals surface area (Å²) in [5.74, 6) is 5.32. The molecule has 0 aliphatic rings. The van der Waals surface area contributed by atoms with E-state index in [1.165, 1.54) is 5.19 Å². The predicted molar refractivity (Wildman–Crippen MR) is 56.4 cm³/mol. The van der Waals surface area contributed by atoms with Crippen LogP contribution < -0.4 is 5.19 Å². The van der Waals surface area contributed by atoms with Gasteiger partial charge in [0, 0.05) is 11.1 Å². The Morgan fingerprint density at radius 3 is 2.00 bits per heavy atom. The number of terminal acetylenes is 2. The third-order valence-electron chi connectivity index (χ3n) is 1.84. The Morgan fingerprint density at radius 1 is 1.17 bits per heavy atom. The van der Waals surface area contributed by atoms with Crippen molar-refractivity contribution >= 4 is 14.7 Å². The fourth-order valence-corrected chi connectivity index (χ4v) is 2.44. The molecule has 0 saturated carbocycles. The molecule has 0 amide bonds. The lowest BCUT2D eigenvalue weighted by Crippen LogP contribution is -2.18. The summed E-state index contributed by atoms with van der Waals surface area (Å²) in [6.07, 6.45) is 10.7. The molecule has 0 heterocycles. The largest absolute Gasteiger partial charge is 0.115 e. The fourth-order valence-electron chi connectivity index (χ4n) is 1.24. The maximum Gasteiger partial charge on any atom is 0.0549 e. The maximum absolute atomic E-state index is 5.35. The van der Waals surface area contributed by atoms with Crippen LogP contribution in [-0.4, -0.2) is 9.52 Å². The molecule has 1 heteroatoms. The molecule has 0 aromatic heterocycles. The molecule has 0 fully saturated rings. The molecule has 1 aromatic rings. The second-order valence-corrected chi connectivity index (χ2v) is 3.89. The summed E-state index contributed by atoms with van der Waals surface area (Å²) in [6, 6.07) is 5.82. The number of rotatable bonds is 1. The van der Waals surface area contributed by atoms with E-state index < -0.39 is 0 Å². The van der Waals surface area contributed by atoms with Crippen LogP contribution in [0, 0.1) is 24.7 Å². The van der Waals surface area contributed by atoms with Crippen molar-refractivity contribution in [1.82, 2.24) is 0 Å². The van der Waals surface area contributed by atoms with E-state index in [4.69, 9.17) is 12.8 Å². The Bertz CT molecular complexity index is 331. The van der Waals surface area contributed by atoms with Crippen LogP contribution in [0.4, 0.5) is 0 Å². The van der Waals surface area contributed by atoms with Gasteiger partial charge in [-0.2, -0.15) is 0 Å². The molecule has 0 aliphatic carbocycles. The zero-order valence-electron chi connectivity index (χ0n) is 7.09. The zero-order chi connectivity index (χ0) is 8.97. The van der Waals surface area contributed by atoms with E-state index in [1.54, 1.807) is 0 Å². The van der Waals surface area contributed by atoms with E-state index in [9.17, 15) is 0 Å². The highest BCUT2D eigenvalue weighted by Crippen LogP contribution is 1.99. The van der Waals surface area contributed by atoms with Crippen molar-refractivity contribution in [1.29, 1.82) is 0 Å². The smallest absolute Gasteiger partial charge is 0.0549 e. The minimum Gasteiger partial charge on any atom is -0.115 e.